The van der Waals surface area contributed by atoms with Crippen LogP contribution in [0.3, 0.4) is 0 Å². The monoisotopic (exact) mass is 324 g/mol. The first-order chi connectivity index (χ1) is 11.5. The lowest BCUT2D eigenvalue weighted by atomic mass is 10.0. The number of carbonyl (C=O) groups is 1. The normalized spacial score (nSPS) is 11.0. The molecule has 1 N–H and O–H groups in total. The van der Waals surface area contributed by atoms with E-state index < -0.39 is 0 Å². The third kappa shape index (κ3) is 2.76. The van der Waals surface area contributed by atoms with Crippen molar-refractivity contribution in [2.75, 3.05) is 20.2 Å². The molecule has 0 saturated heterocycles. The third-order valence-electron chi connectivity index (χ3n) is 4.05. The molecule has 0 aliphatic heterocycles. The van der Waals surface area contributed by atoms with E-state index in [1.54, 1.807) is 11.7 Å². The lowest BCUT2D eigenvalue weighted by Gasteiger charge is -2.17. The number of pyridine rings is 1. The van der Waals surface area contributed by atoms with E-state index in [0.29, 0.717) is 11.2 Å². The molecule has 0 atom stereocenters. The molecule has 0 radical (unpaired) electrons. The fraction of sp³-hybridized carbons (Fsp3) is 0.278. The maximum atomic E-state index is 12.8. The first-order valence-corrected chi connectivity index (χ1v) is 7.79. The molecule has 1 amide bonds. The average molecular weight is 324 g/mol. The first-order valence-electron chi connectivity index (χ1n) is 7.79. The maximum absolute atomic E-state index is 12.8. The molecule has 2 heterocycles. The van der Waals surface area contributed by atoms with Gasteiger partial charge in [0.15, 0.2) is 5.65 Å². The fourth-order valence-corrected chi connectivity index (χ4v) is 2.83. The van der Waals surface area contributed by atoms with Gasteiger partial charge < -0.3 is 10.0 Å². The van der Waals surface area contributed by atoms with E-state index >= 15 is 0 Å². The summed E-state index contributed by atoms with van der Waals surface area (Å²) in [5.74, 6) is -0.148. The number of aryl methyl sites for hydroxylation is 2. The number of amides is 1. The molecular formula is C18H20N4O2. The summed E-state index contributed by atoms with van der Waals surface area (Å²) in [6.45, 7) is 2.08. The van der Waals surface area contributed by atoms with Crippen molar-refractivity contribution in [3.63, 3.8) is 0 Å². The largest absolute Gasteiger partial charge is 0.395 e. The molecule has 0 aliphatic rings. The lowest BCUT2D eigenvalue weighted by Crippen LogP contribution is -2.29. The zero-order valence-electron chi connectivity index (χ0n) is 14.0. The van der Waals surface area contributed by atoms with Crippen LogP contribution < -0.4 is 0 Å². The lowest BCUT2D eigenvalue weighted by molar-refractivity contribution is 0.0769. The van der Waals surface area contributed by atoms with Crippen molar-refractivity contribution in [3.8, 4) is 11.3 Å². The molecule has 6 heteroatoms. The third-order valence-corrected chi connectivity index (χ3v) is 4.05. The molecule has 0 unspecified atom stereocenters. The Kier molecular flexibility index (Phi) is 4.31. The van der Waals surface area contributed by atoms with Gasteiger partial charge in [0.1, 0.15) is 0 Å². The Bertz CT molecular complexity index is 887. The molecule has 0 saturated carbocycles. The number of hydrogen-bond donors (Lipinski definition) is 1. The SMILES string of the molecule is Cc1nn(C)c2nc(-c3ccccc3)cc(C(=O)N(C)CCO)c12. The minimum absolute atomic E-state index is 0.0754. The topological polar surface area (TPSA) is 71.2 Å². The number of aliphatic hydroxyl groups excluding tert-OH is 1. The molecular weight excluding hydrogens is 304 g/mol. The van der Waals surface area contributed by atoms with E-state index in [0.717, 1.165) is 22.3 Å². The molecule has 3 rings (SSSR count). The molecule has 3 aromatic rings. The van der Waals surface area contributed by atoms with Crippen LogP contribution >= 0.6 is 0 Å². The Hall–Kier alpha value is -2.73. The molecule has 6 nitrogen and oxygen atoms in total. The fourth-order valence-electron chi connectivity index (χ4n) is 2.83. The van der Waals surface area contributed by atoms with Crippen LogP contribution in [0.2, 0.25) is 0 Å². The minimum Gasteiger partial charge on any atom is -0.395 e. The highest BCUT2D eigenvalue weighted by molar-refractivity contribution is 6.07. The Labute approximate surface area is 140 Å². The second kappa shape index (κ2) is 6.41. The summed E-state index contributed by atoms with van der Waals surface area (Å²) in [5.41, 5.74) is 3.67. The zero-order chi connectivity index (χ0) is 17.3. The van der Waals surface area contributed by atoms with Crippen LogP contribution in [0.15, 0.2) is 36.4 Å². The Morgan fingerprint density at radius 2 is 2.00 bits per heavy atom. The highest BCUT2D eigenvalue weighted by Crippen LogP contribution is 2.27. The molecule has 124 valence electrons. The summed E-state index contributed by atoms with van der Waals surface area (Å²) in [5, 5.41) is 14.3. The summed E-state index contributed by atoms with van der Waals surface area (Å²) < 4.78 is 1.69. The van der Waals surface area contributed by atoms with E-state index in [1.165, 1.54) is 4.90 Å². The van der Waals surface area contributed by atoms with E-state index in [2.05, 4.69) is 5.10 Å². The van der Waals surface area contributed by atoms with E-state index in [1.807, 2.05) is 50.4 Å². The van der Waals surface area contributed by atoms with E-state index in [4.69, 9.17) is 10.1 Å². The van der Waals surface area contributed by atoms with Crippen molar-refractivity contribution in [2.24, 2.45) is 7.05 Å². The number of aliphatic hydroxyl groups is 1. The van der Waals surface area contributed by atoms with Gasteiger partial charge in [0.25, 0.3) is 5.91 Å². The quantitative estimate of drug-likeness (QED) is 0.797. The summed E-state index contributed by atoms with van der Waals surface area (Å²) in [7, 11) is 3.50. The van der Waals surface area contributed by atoms with Crippen LogP contribution in [0.4, 0.5) is 0 Å². The molecule has 0 bridgehead atoms. The maximum Gasteiger partial charge on any atom is 0.254 e. The summed E-state index contributed by atoms with van der Waals surface area (Å²) in [6.07, 6.45) is 0. The van der Waals surface area contributed by atoms with Crippen LogP contribution in [0, 0.1) is 6.92 Å². The van der Waals surface area contributed by atoms with Crippen LogP contribution in [0.25, 0.3) is 22.3 Å². The number of benzene rings is 1. The standard InChI is InChI=1S/C18H20N4O2/c1-12-16-14(18(24)21(2)9-10-23)11-15(13-7-5-4-6-8-13)19-17(16)22(3)20-12/h4-8,11,23H,9-10H2,1-3H3. The first kappa shape index (κ1) is 16.1. The van der Waals surface area contributed by atoms with Crippen LogP contribution in [-0.4, -0.2) is 50.9 Å². The molecule has 24 heavy (non-hydrogen) atoms. The Morgan fingerprint density at radius 3 is 2.67 bits per heavy atom. The van der Waals surface area contributed by atoms with Gasteiger partial charge in [-0.1, -0.05) is 30.3 Å². The highest BCUT2D eigenvalue weighted by Gasteiger charge is 2.21. The molecule has 0 fully saturated rings. The smallest absolute Gasteiger partial charge is 0.254 e. The van der Waals surface area contributed by atoms with Gasteiger partial charge in [0.2, 0.25) is 0 Å². The van der Waals surface area contributed by atoms with Crippen molar-refractivity contribution >= 4 is 16.9 Å². The number of aromatic nitrogens is 3. The van der Waals surface area contributed by atoms with Gasteiger partial charge in [-0.25, -0.2) is 4.98 Å². The van der Waals surface area contributed by atoms with Crippen LogP contribution in [-0.2, 0) is 7.05 Å². The second-order valence-corrected chi connectivity index (χ2v) is 5.78. The number of rotatable bonds is 4. The van der Waals surface area contributed by atoms with Crippen molar-refractivity contribution < 1.29 is 9.90 Å². The van der Waals surface area contributed by atoms with Gasteiger partial charge in [0.05, 0.1) is 28.9 Å². The number of fused-ring (bicyclic) bond motifs is 1. The molecule has 0 spiro atoms. The summed E-state index contributed by atoms with van der Waals surface area (Å²) in [4.78, 5) is 19.0. The van der Waals surface area contributed by atoms with Gasteiger partial charge in [0, 0.05) is 26.2 Å². The summed E-state index contributed by atoms with van der Waals surface area (Å²) >= 11 is 0. The average Bonchev–Trinajstić information content (AvgIpc) is 2.89. The van der Waals surface area contributed by atoms with Gasteiger partial charge in [-0.3, -0.25) is 9.48 Å². The number of nitrogens with zero attached hydrogens (tertiary/aromatic N) is 4. The van der Waals surface area contributed by atoms with Crippen molar-refractivity contribution in [3.05, 3.63) is 47.7 Å². The zero-order valence-corrected chi connectivity index (χ0v) is 14.0. The van der Waals surface area contributed by atoms with Crippen molar-refractivity contribution in [1.82, 2.24) is 19.7 Å². The number of hydrogen-bond acceptors (Lipinski definition) is 4. The predicted molar refractivity (Wildman–Crippen MR) is 92.7 cm³/mol. The Morgan fingerprint density at radius 1 is 1.29 bits per heavy atom. The van der Waals surface area contributed by atoms with Crippen LogP contribution in [0.5, 0.6) is 0 Å². The van der Waals surface area contributed by atoms with Crippen molar-refractivity contribution in [2.45, 2.75) is 6.92 Å². The molecule has 1 aromatic carbocycles. The highest BCUT2D eigenvalue weighted by atomic mass is 16.3. The summed E-state index contributed by atoms with van der Waals surface area (Å²) in [6, 6.07) is 11.6. The van der Waals surface area contributed by atoms with E-state index in [-0.39, 0.29) is 19.1 Å². The molecule has 0 aliphatic carbocycles. The minimum atomic E-state index is -0.148. The number of likely N-dealkylation sites (N-methyl/N-ethyl adjacent to an activating group) is 1. The van der Waals surface area contributed by atoms with Crippen LogP contribution in [0.1, 0.15) is 16.1 Å². The van der Waals surface area contributed by atoms with Gasteiger partial charge in [-0.15, -0.1) is 0 Å². The predicted octanol–water partition coefficient (Wildman–Crippen LogP) is 2.01. The number of carbonyl (C=O) groups excluding carboxylic acids is 1. The van der Waals surface area contributed by atoms with Gasteiger partial charge >= 0.3 is 0 Å². The van der Waals surface area contributed by atoms with Gasteiger partial charge in [-0.2, -0.15) is 5.10 Å². The van der Waals surface area contributed by atoms with E-state index in [9.17, 15) is 4.79 Å². The van der Waals surface area contributed by atoms with Gasteiger partial charge in [-0.05, 0) is 13.0 Å². The molecule has 2 aromatic heterocycles. The Balaban J connectivity index is 2.24. The second-order valence-electron chi connectivity index (χ2n) is 5.78. The van der Waals surface area contributed by atoms with Crippen molar-refractivity contribution in [1.29, 1.82) is 0 Å².